The van der Waals surface area contributed by atoms with Crippen LogP contribution in [0.25, 0.3) is 16.9 Å². The van der Waals surface area contributed by atoms with E-state index in [0.717, 1.165) is 10.7 Å². The fraction of sp³-hybridized carbons (Fsp3) is 0.167. The maximum atomic E-state index is 12.7. The molecule has 144 valence electrons. The summed E-state index contributed by atoms with van der Waals surface area (Å²) in [6.45, 7) is -0.326. The second-order valence-corrected chi connectivity index (χ2v) is 5.62. The van der Waals surface area contributed by atoms with Gasteiger partial charge in [0.15, 0.2) is 0 Å². The van der Waals surface area contributed by atoms with Crippen molar-refractivity contribution in [3.63, 3.8) is 0 Å². The van der Waals surface area contributed by atoms with E-state index < -0.39 is 23.6 Å². The number of carbonyl (C=O) groups excluding carboxylic acids is 1. The minimum Gasteiger partial charge on any atom is -0.395 e. The minimum absolute atomic E-state index is 0.0343. The number of halogens is 2. The smallest absolute Gasteiger partial charge is 0.284 e. The zero-order chi connectivity index (χ0) is 20.1. The van der Waals surface area contributed by atoms with Crippen molar-refractivity contribution in [3.05, 3.63) is 70.5 Å². The molecule has 0 bridgehead atoms. The summed E-state index contributed by atoms with van der Waals surface area (Å²) in [7, 11) is 0. The summed E-state index contributed by atoms with van der Waals surface area (Å²) >= 11 is 0. The lowest BCUT2D eigenvalue weighted by molar-refractivity contribution is 0.0942. The Bertz CT molecular complexity index is 1020. The van der Waals surface area contributed by atoms with Gasteiger partial charge in [0.25, 0.3) is 17.9 Å². The molecule has 3 aromatic rings. The fourth-order valence-electron chi connectivity index (χ4n) is 2.40. The van der Waals surface area contributed by atoms with Crippen LogP contribution in [0.1, 0.15) is 22.5 Å². The normalized spacial score (nSPS) is 10.9. The van der Waals surface area contributed by atoms with E-state index in [0.29, 0.717) is 11.3 Å². The van der Waals surface area contributed by atoms with Gasteiger partial charge in [0.2, 0.25) is 0 Å². The first-order chi connectivity index (χ1) is 13.5. The SMILES string of the molecule is O=C(NCCO)c1cc(-c2ccc(C(F)F)nc2)nn(-c2cccnc2)c1=O. The first-order valence-corrected chi connectivity index (χ1v) is 8.19. The Balaban J connectivity index is 2.14. The van der Waals surface area contributed by atoms with Crippen LogP contribution in [-0.2, 0) is 0 Å². The highest BCUT2D eigenvalue weighted by atomic mass is 19.3. The number of nitrogens with zero attached hydrogens (tertiary/aromatic N) is 4. The molecule has 0 saturated carbocycles. The van der Waals surface area contributed by atoms with E-state index in [1.165, 1.54) is 30.7 Å². The molecule has 0 aromatic carbocycles. The molecule has 0 radical (unpaired) electrons. The lowest BCUT2D eigenvalue weighted by Gasteiger charge is -2.11. The largest absolute Gasteiger partial charge is 0.395 e. The summed E-state index contributed by atoms with van der Waals surface area (Å²) < 4.78 is 26.4. The highest BCUT2D eigenvalue weighted by Gasteiger charge is 2.18. The van der Waals surface area contributed by atoms with Crippen molar-refractivity contribution >= 4 is 5.91 Å². The molecule has 8 nitrogen and oxygen atoms in total. The minimum atomic E-state index is -2.72. The molecule has 0 aliphatic rings. The number of alkyl halides is 2. The molecule has 1 amide bonds. The zero-order valence-electron chi connectivity index (χ0n) is 14.4. The average molecular weight is 387 g/mol. The van der Waals surface area contributed by atoms with E-state index in [1.807, 2.05) is 0 Å². The monoisotopic (exact) mass is 387 g/mol. The fourth-order valence-corrected chi connectivity index (χ4v) is 2.40. The molecule has 0 aliphatic carbocycles. The van der Waals surface area contributed by atoms with Gasteiger partial charge < -0.3 is 10.4 Å². The molecule has 28 heavy (non-hydrogen) atoms. The number of nitrogens with one attached hydrogen (secondary N) is 1. The molecule has 3 rings (SSSR count). The van der Waals surface area contributed by atoms with Crippen molar-refractivity contribution in [2.75, 3.05) is 13.2 Å². The summed E-state index contributed by atoms with van der Waals surface area (Å²) in [6, 6.07) is 6.96. The van der Waals surface area contributed by atoms with Crippen LogP contribution in [0, 0.1) is 0 Å². The van der Waals surface area contributed by atoms with Gasteiger partial charge >= 0.3 is 0 Å². The van der Waals surface area contributed by atoms with Crippen molar-refractivity contribution in [3.8, 4) is 16.9 Å². The van der Waals surface area contributed by atoms with Crippen molar-refractivity contribution in [2.24, 2.45) is 0 Å². The lowest BCUT2D eigenvalue weighted by atomic mass is 10.1. The van der Waals surface area contributed by atoms with Gasteiger partial charge in [-0.1, -0.05) is 0 Å². The Labute approximate surface area is 157 Å². The van der Waals surface area contributed by atoms with Crippen LogP contribution in [0.3, 0.4) is 0 Å². The zero-order valence-corrected chi connectivity index (χ0v) is 14.4. The van der Waals surface area contributed by atoms with Crippen LogP contribution in [0.2, 0.25) is 0 Å². The third-order valence-corrected chi connectivity index (χ3v) is 3.75. The number of aromatic nitrogens is 4. The van der Waals surface area contributed by atoms with E-state index in [1.54, 1.807) is 12.1 Å². The van der Waals surface area contributed by atoms with E-state index >= 15 is 0 Å². The number of rotatable bonds is 6. The van der Waals surface area contributed by atoms with Gasteiger partial charge in [-0.2, -0.15) is 9.78 Å². The van der Waals surface area contributed by atoms with Crippen LogP contribution in [0.15, 0.2) is 53.7 Å². The molecule has 10 heteroatoms. The van der Waals surface area contributed by atoms with E-state index in [9.17, 15) is 18.4 Å². The summed E-state index contributed by atoms with van der Waals surface area (Å²) in [5.41, 5.74) is -0.457. The molecule has 0 atom stereocenters. The van der Waals surface area contributed by atoms with Crippen molar-refractivity contribution in [1.82, 2.24) is 25.1 Å². The average Bonchev–Trinajstić information content (AvgIpc) is 2.73. The van der Waals surface area contributed by atoms with Crippen molar-refractivity contribution in [2.45, 2.75) is 6.43 Å². The summed E-state index contributed by atoms with van der Waals surface area (Å²) in [4.78, 5) is 32.7. The van der Waals surface area contributed by atoms with Crippen molar-refractivity contribution in [1.29, 1.82) is 0 Å². The Morgan fingerprint density at radius 2 is 2.07 bits per heavy atom. The topological polar surface area (TPSA) is 110 Å². The standard InChI is InChI=1S/C18H15F2N5O3/c19-16(20)14-4-3-11(9-23-14)15-8-13(17(27)22-6-7-26)18(28)25(24-15)12-2-1-5-21-10-12/h1-5,8-10,16,26H,6-7H2,(H,22,27). The molecule has 0 aliphatic heterocycles. The Morgan fingerprint density at radius 3 is 2.68 bits per heavy atom. The quantitative estimate of drug-likeness (QED) is 0.661. The molecule has 3 aromatic heterocycles. The highest BCUT2D eigenvalue weighted by Crippen LogP contribution is 2.21. The first kappa shape index (κ1) is 19.2. The Morgan fingerprint density at radius 1 is 1.25 bits per heavy atom. The first-order valence-electron chi connectivity index (χ1n) is 8.19. The number of pyridine rings is 2. The van der Waals surface area contributed by atoms with Crippen LogP contribution in [-0.4, -0.2) is 43.9 Å². The number of carbonyl (C=O) groups is 1. The van der Waals surface area contributed by atoms with E-state index in [4.69, 9.17) is 5.11 Å². The van der Waals surface area contributed by atoms with Gasteiger partial charge in [-0.3, -0.25) is 19.6 Å². The molecule has 2 N–H and O–H groups in total. The Kier molecular flexibility index (Phi) is 5.80. The highest BCUT2D eigenvalue weighted by molar-refractivity contribution is 5.94. The second kappa shape index (κ2) is 8.44. The third-order valence-electron chi connectivity index (χ3n) is 3.75. The van der Waals surface area contributed by atoms with Gasteiger partial charge in [0.05, 0.1) is 24.2 Å². The van der Waals surface area contributed by atoms with Crippen molar-refractivity contribution < 1.29 is 18.7 Å². The maximum absolute atomic E-state index is 12.7. The van der Waals surface area contributed by atoms with Gasteiger partial charge in [-0.05, 0) is 30.3 Å². The van der Waals surface area contributed by atoms with E-state index in [2.05, 4.69) is 20.4 Å². The van der Waals surface area contributed by atoms with Crippen LogP contribution in [0.5, 0.6) is 0 Å². The lowest BCUT2D eigenvalue weighted by Crippen LogP contribution is -2.35. The van der Waals surface area contributed by atoms with Gasteiger partial charge in [-0.25, -0.2) is 8.78 Å². The summed E-state index contributed by atoms with van der Waals surface area (Å²) in [6.07, 6.45) is 1.38. The Hall–Kier alpha value is -3.53. The molecule has 0 unspecified atom stereocenters. The van der Waals surface area contributed by atoms with Gasteiger partial charge in [-0.15, -0.1) is 0 Å². The van der Waals surface area contributed by atoms with Crippen LogP contribution in [0.4, 0.5) is 8.78 Å². The number of aliphatic hydroxyl groups is 1. The molecular weight excluding hydrogens is 372 g/mol. The third kappa shape index (κ3) is 4.07. The summed E-state index contributed by atoms with van der Waals surface area (Å²) in [5, 5.41) is 15.5. The molecule has 0 fully saturated rings. The van der Waals surface area contributed by atoms with Gasteiger partial charge in [0, 0.05) is 24.5 Å². The molecular formula is C18H15F2N5O3. The predicted molar refractivity (Wildman–Crippen MR) is 95.2 cm³/mol. The molecule has 0 saturated heterocycles. The molecule has 0 spiro atoms. The van der Waals surface area contributed by atoms with Crippen LogP contribution < -0.4 is 10.9 Å². The number of amides is 1. The van der Waals surface area contributed by atoms with E-state index in [-0.39, 0.29) is 24.4 Å². The van der Waals surface area contributed by atoms with Gasteiger partial charge in [0.1, 0.15) is 11.3 Å². The number of hydrogen-bond acceptors (Lipinski definition) is 6. The molecule has 3 heterocycles. The summed E-state index contributed by atoms with van der Waals surface area (Å²) in [5.74, 6) is -0.697. The number of aliphatic hydroxyl groups excluding tert-OH is 1. The maximum Gasteiger partial charge on any atom is 0.284 e. The van der Waals surface area contributed by atoms with Crippen LogP contribution >= 0.6 is 0 Å². The predicted octanol–water partition coefficient (Wildman–Crippen LogP) is 1.35. The number of hydrogen-bond donors (Lipinski definition) is 2. The second-order valence-electron chi connectivity index (χ2n) is 5.62.